The van der Waals surface area contributed by atoms with Gasteiger partial charge in [0, 0.05) is 37.7 Å². The molecule has 55 heavy (non-hydrogen) atoms. The largest absolute Gasteiger partial charge is 0.371 e. The average molecular weight is 761 g/mol. The third kappa shape index (κ3) is 5.39. The Bertz CT molecular complexity index is 2280. The minimum Gasteiger partial charge on any atom is -0.371 e. The van der Waals surface area contributed by atoms with Crippen LogP contribution in [0.25, 0.3) is 11.8 Å². The molecule has 5 aliphatic heterocycles. The number of nitrogens with one attached hydrogen (secondary N) is 1. The van der Waals surface area contributed by atoms with Crippen LogP contribution in [0.1, 0.15) is 126 Å². The molecule has 1 spiro atoms. The molecule has 1 saturated carbocycles. The third-order valence-corrected chi connectivity index (χ3v) is 14.0. The monoisotopic (exact) mass is 760 g/mol. The highest BCUT2D eigenvalue weighted by Crippen LogP contribution is 2.53. The van der Waals surface area contributed by atoms with Gasteiger partial charge in [0.25, 0.3) is 17.4 Å². The third-order valence-electron chi connectivity index (χ3n) is 13.7. The van der Waals surface area contributed by atoms with E-state index in [-0.39, 0.29) is 29.7 Å². The Morgan fingerprint density at radius 3 is 2.44 bits per heavy atom. The molecule has 0 bridgehead atoms. The van der Waals surface area contributed by atoms with Gasteiger partial charge in [0.1, 0.15) is 11.9 Å². The van der Waals surface area contributed by atoms with E-state index in [2.05, 4.69) is 50.0 Å². The molecule has 12 heteroatoms. The van der Waals surface area contributed by atoms with Crippen LogP contribution >= 0.6 is 11.6 Å². The summed E-state index contributed by atoms with van der Waals surface area (Å²) < 4.78 is 2.29. The van der Waals surface area contributed by atoms with Gasteiger partial charge in [-0.25, -0.2) is 0 Å². The molecule has 3 saturated heterocycles. The zero-order valence-corrected chi connectivity index (χ0v) is 31.9. The van der Waals surface area contributed by atoms with E-state index in [1.54, 1.807) is 12.1 Å². The summed E-state index contributed by atoms with van der Waals surface area (Å²) in [4.78, 5) is 74.1. The van der Waals surface area contributed by atoms with E-state index >= 15 is 0 Å². The number of hydrogen-bond donors (Lipinski definition) is 1. The smallest absolute Gasteiger partial charge is 0.278 e. The zero-order chi connectivity index (χ0) is 37.8. The summed E-state index contributed by atoms with van der Waals surface area (Å²) in [5, 5.41) is 2.25. The van der Waals surface area contributed by atoms with Crippen LogP contribution in [-0.4, -0.2) is 81.7 Å². The molecule has 4 amide bonds. The van der Waals surface area contributed by atoms with Crippen molar-refractivity contribution in [2.45, 2.75) is 93.4 Å². The van der Waals surface area contributed by atoms with E-state index in [9.17, 15) is 24.0 Å². The Hall–Kier alpha value is -4.61. The van der Waals surface area contributed by atoms with E-state index in [0.717, 1.165) is 93.4 Å². The van der Waals surface area contributed by atoms with Gasteiger partial charge in [-0.1, -0.05) is 37.5 Å². The Morgan fingerprint density at radius 1 is 0.909 bits per heavy atom. The molecular formula is C43H45ClN6O5. The second-order valence-corrected chi connectivity index (χ2v) is 17.9. The first-order chi connectivity index (χ1) is 26.5. The number of hydrogen-bond acceptors (Lipinski definition) is 8. The van der Waals surface area contributed by atoms with E-state index in [1.807, 2.05) is 13.0 Å². The molecule has 7 aliphatic rings. The van der Waals surface area contributed by atoms with Gasteiger partial charge in [-0.05, 0) is 106 Å². The Kier molecular flexibility index (Phi) is 8.05. The van der Waals surface area contributed by atoms with Crippen molar-refractivity contribution in [3.8, 4) is 5.69 Å². The molecule has 2 atom stereocenters. The minimum atomic E-state index is -0.964. The molecule has 1 N–H and O–H groups in total. The lowest BCUT2D eigenvalue weighted by atomic mass is 9.69. The van der Waals surface area contributed by atoms with Crippen LogP contribution in [0.4, 0.5) is 5.69 Å². The van der Waals surface area contributed by atoms with E-state index in [4.69, 9.17) is 16.6 Å². The van der Waals surface area contributed by atoms with E-state index in [0.29, 0.717) is 34.9 Å². The van der Waals surface area contributed by atoms with Crippen LogP contribution < -0.4 is 15.8 Å². The number of alkyl halides is 1. The Labute approximate surface area is 324 Å². The van der Waals surface area contributed by atoms with Gasteiger partial charge in [-0.2, -0.15) is 4.98 Å². The second kappa shape index (κ2) is 12.7. The van der Waals surface area contributed by atoms with Gasteiger partial charge < -0.3 is 9.80 Å². The van der Waals surface area contributed by atoms with Crippen molar-refractivity contribution in [3.63, 3.8) is 0 Å². The number of piperidine rings is 2. The lowest BCUT2D eigenvalue weighted by Crippen LogP contribution is -2.54. The molecular weight excluding hydrogens is 716 g/mol. The number of imide groups is 2. The first-order valence-corrected chi connectivity index (χ1v) is 20.4. The standard InChI is InChI=1S/C43H45ClN6O5/c1-42(44)15-5-6-32-36(42)38(53)46-41-43(16-3-2-4-17-43)31-10-7-27(20-34(31)49(32)41)26-13-18-47(19-14-26)22-25-23-48(24-25)28-8-9-29-30(21-28)40(55)50(39(29)54)33-11-12-35(51)45-37(33)52/h5-10,20-21,25-26,33H,2-4,11-19,22-24H2,1H3,(H,45,51,52). The highest BCUT2D eigenvalue weighted by atomic mass is 35.5. The quantitative estimate of drug-likeness (QED) is 0.272. The summed E-state index contributed by atoms with van der Waals surface area (Å²) in [7, 11) is 0. The Balaban J connectivity index is 0.806. The van der Waals surface area contributed by atoms with Gasteiger partial charge in [0.2, 0.25) is 11.8 Å². The van der Waals surface area contributed by atoms with Crippen molar-refractivity contribution in [1.82, 2.24) is 24.7 Å². The number of nitrogens with zero attached hydrogens (tertiary/aromatic N) is 5. The molecule has 3 aromatic rings. The fourth-order valence-corrected chi connectivity index (χ4v) is 11.0. The van der Waals surface area contributed by atoms with Crippen LogP contribution in [0.3, 0.4) is 0 Å². The normalized spacial score (nSPS) is 26.2. The number of allylic oxidation sites excluding steroid dienone is 1. The number of carbonyl (C=O) groups is 4. The van der Waals surface area contributed by atoms with Crippen LogP contribution in [0.2, 0.25) is 0 Å². The number of fused-ring (bicyclic) bond motifs is 8. The maximum Gasteiger partial charge on any atom is 0.278 e. The summed E-state index contributed by atoms with van der Waals surface area (Å²) in [5.74, 6) is -0.0735. The second-order valence-electron chi connectivity index (χ2n) is 17.1. The number of aromatic nitrogens is 2. The summed E-state index contributed by atoms with van der Waals surface area (Å²) >= 11 is 6.98. The SMILES string of the molecule is CC1(Cl)CC=Cc2c1c(=O)nc1n2-c2cc(C3CCN(CC4CN(c5ccc6c(c5)C(=O)N(C5CCC(=O)NC5=O)C6=O)C4)CC3)ccc2C12CCCCC2. The number of halogens is 1. The first kappa shape index (κ1) is 34.8. The highest BCUT2D eigenvalue weighted by Gasteiger charge is 2.49. The molecule has 10 rings (SSSR count). The molecule has 11 nitrogen and oxygen atoms in total. The number of amides is 4. The van der Waals surface area contributed by atoms with Crippen molar-refractivity contribution in [2.75, 3.05) is 37.6 Å². The minimum absolute atomic E-state index is 0.0993. The fraction of sp³-hybridized carbons (Fsp3) is 0.488. The summed E-state index contributed by atoms with van der Waals surface area (Å²) in [6.45, 7) is 6.76. The lowest BCUT2D eigenvalue weighted by molar-refractivity contribution is -0.136. The molecule has 284 valence electrons. The highest BCUT2D eigenvalue weighted by molar-refractivity contribution is 6.24. The van der Waals surface area contributed by atoms with Gasteiger partial charge >= 0.3 is 0 Å². The summed E-state index contributed by atoms with van der Waals surface area (Å²) in [6, 6.07) is 11.5. The topological polar surface area (TPSA) is 125 Å². The van der Waals surface area contributed by atoms with Crippen LogP contribution in [0, 0.1) is 5.92 Å². The molecule has 0 radical (unpaired) electrons. The maximum atomic E-state index is 13.6. The summed E-state index contributed by atoms with van der Waals surface area (Å²) in [6.07, 6.45) is 12.7. The Morgan fingerprint density at radius 2 is 1.67 bits per heavy atom. The van der Waals surface area contributed by atoms with E-state index in [1.165, 1.54) is 23.2 Å². The molecule has 2 unspecified atom stereocenters. The van der Waals surface area contributed by atoms with Gasteiger partial charge in [-0.15, -0.1) is 11.6 Å². The predicted octanol–water partition coefficient (Wildman–Crippen LogP) is 5.38. The van der Waals surface area contributed by atoms with Crippen molar-refractivity contribution in [3.05, 3.63) is 92.2 Å². The van der Waals surface area contributed by atoms with Crippen molar-refractivity contribution in [2.24, 2.45) is 5.92 Å². The average Bonchev–Trinajstić information content (AvgIpc) is 3.55. The molecule has 1 aromatic heterocycles. The maximum absolute atomic E-state index is 13.6. The molecule has 2 aromatic carbocycles. The molecule has 2 aliphatic carbocycles. The van der Waals surface area contributed by atoms with Gasteiger partial charge in [0.05, 0.1) is 38.4 Å². The zero-order valence-electron chi connectivity index (χ0n) is 31.1. The van der Waals surface area contributed by atoms with Gasteiger partial charge in [-0.3, -0.25) is 38.8 Å². The number of rotatable bonds is 5. The fourth-order valence-electron chi connectivity index (χ4n) is 10.8. The van der Waals surface area contributed by atoms with Crippen LogP contribution in [-0.2, 0) is 19.9 Å². The van der Waals surface area contributed by atoms with Crippen molar-refractivity contribution >= 4 is 47.0 Å². The lowest BCUT2D eigenvalue weighted by Gasteiger charge is -2.44. The number of likely N-dealkylation sites (tertiary alicyclic amines) is 1. The molecule has 6 heterocycles. The number of benzene rings is 2. The number of carbonyl (C=O) groups excluding carboxylic acids is 4. The predicted molar refractivity (Wildman–Crippen MR) is 208 cm³/mol. The van der Waals surface area contributed by atoms with Crippen molar-refractivity contribution < 1.29 is 19.2 Å². The van der Waals surface area contributed by atoms with Gasteiger partial charge in [0.15, 0.2) is 0 Å². The summed E-state index contributed by atoms with van der Waals surface area (Å²) in [5.41, 5.74) is 6.48. The van der Waals surface area contributed by atoms with Crippen LogP contribution in [0.5, 0.6) is 0 Å². The first-order valence-electron chi connectivity index (χ1n) is 20.0. The molecule has 4 fully saturated rings. The van der Waals surface area contributed by atoms with Crippen molar-refractivity contribution in [1.29, 1.82) is 0 Å². The van der Waals surface area contributed by atoms with Crippen LogP contribution in [0.15, 0.2) is 47.3 Å². The van der Waals surface area contributed by atoms with E-state index < -0.39 is 28.6 Å². The number of anilines is 1.